The number of hydrogen-bond donors (Lipinski definition) is 3. The number of hydrogen-bond acceptors (Lipinski definition) is 3. The van der Waals surface area contributed by atoms with Crippen molar-refractivity contribution in [3.05, 3.63) is 35.4 Å². The van der Waals surface area contributed by atoms with Crippen LogP contribution in [0.1, 0.15) is 48.0 Å². The smallest absolute Gasteiger partial charge is 0.251 e. The summed E-state index contributed by atoms with van der Waals surface area (Å²) in [7, 11) is 1.61. The molecule has 0 radical (unpaired) electrons. The maximum Gasteiger partial charge on any atom is 0.251 e. The highest BCUT2D eigenvalue weighted by Crippen LogP contribution is 2.25. The van der Waals surface area contributed by atoms with Crippen LogP contribution in [-0.4, -0.2) is 30.9 Å². The average molecular weight is 303 g/mol. The van der Waals surface area contributed by atoms with E-state index in [4.69, 9.17) is 5.73 Å². The largest absolute Gasteiger partial charge is 0.355 e. The zero-order valence-corrected chi connectivity index (χ0v) is 13.2. The molecular formula is C17H25N3O2. The van der Waals surface area contributed by atoms with Gasteiger partial charge >= 0.3 is 0 Å². The highest BCUT2D eigenvalue weighted by molar-refractivity contribution is 5.94. The molecule has 1 aromatic carbocycles. The van der Waals surface area contributed by atoms with E-state index in [-0.39, 0.29) is 11.8 Å². The second-order valence-electron chi connectivity index (χ2n) is 6.00. The van der Waals surface area contributed by atoms with E-state index >= 15 is 0 Å². The minimum atomic E-state index is -0.692. The lowest BCUT2D eigenvalue weighted by Crippen LogP contribution is -2.55. The van der Waals surface area contributed by atoms with Crippen LogP contribution in [-0.2, 0) is 11.2 Å². The number of carbonyl (C=O) groups is 2. The Morgan fingerprint density at radius 1 is 1.23 bits per heavy atom. The van der Waals surface area contributed by atoms with Crippen LogP contribution in [0.2, 0.25) is 0 Å². The Labute approximate surface area is 131 Å². The fourth-order valence-electron chi connectivity index (χ4n) is 2.92. The third kappa shape index (κ3) is 4.07. The van der Waals surface area contributed by atoms with E-state index in [1.807, 2.05) is 18.2 Å². The van der Waals surface area contributed by atoms with Crippen molar-refractivity contribution in [3.8, 4) is 0 Å². The SMILES string of the molecule is CNC(=O)c1cccc(CCNC(=O)C2(N)CCCCC2)c1. The lowest BCUT2D eigenvalue weighted by molar-refractivity contribution is -0.127. The lowest BCUT2D eigenvalue weighted by atomic mass is 9.82. The van der Waals surface area contributed by atoms with Gasteiger partial charge < -0.3 is 16.4 Å². The standard InChI is InChI=1S/C17H25N3O2/c1-19-15(21)14-7-5-6-13(12-14)8-11-20-16(22)17(18)9-3-2-4-10-17/h5-7,12H,2-4,8-11,18H2,1H3,(H,19,21)(H,20,22). The predicted octanol–water partition coefficient (Wildman–Crippen LogP) is 1.37. The molecule has 1 saturated carbocycles. The number of nitrogens with one attached hydrogen (secondary N) is 2. The fraction of sp³-hybridized carbons (Fsp3) is 0.529. The molecule has 0 spiro atoms. The Kier molecular flexibility index (Phi) is 5.55. The molecule has 1 fully saturated rings. The molecule has 5 nitrogen and oxygen atoms in total. The van der Waals surface area contributed by atoms with Gasteiger partial charge in [-0.1, -0.05) is 31.4 Å². The molecule has 1 aromatic rings. The molecule has 0 bridgehead atoms. The molecule has 0 atom stereocenters. The van der Waals surface area contributed by atoms with Crippen molar-refractivity contribution in [2.45, 2.75) is 44.1 Å². The highest BCUT2D eigenvalue weighted by atomic mass is 16.2. The third-order valence-electron chi connectivity index (χ3n) is 4.31. The van der Waals surface area contributed by atoms with E-state index in [9.17, 15) is 9.59 Å². The molecule has 2 amide bonds. The summed E-state index contributed by atoms with van der Waals surface area (Å²) in [4.78, 5) is 23.8. The van der Waals surface area contributed by atoms with Crippen LogP contribution in [0.3, 0.4) is 0 Å². The lowest BCUT2D eigenvalue weighted by Gasteiger charge is -2.31. The van der Waals surface area contributed by atoms with Crippen molar-refractivity contribution in [2.75, 3.05) is 13.6 Å². The monoisotopic (exact) mass is 303 g/mol. The fourth-order valence-corrected chi connectivity index (χ4v) is 2.92. The van der Waals surface area contributed by atoms with Crippen molar-refractivity contribution in [1.82, 2.24) is 10.6 Å². The Morgan fingerprint density at radius 2 is 1.95 bits per heavy atom. The summed E-state index contributed by atoms with van der Waals surface area (Å²) >= 11 is 0. The van der Waals surface area contributed by atoms with Crippen LogP contribution in [0, 0.1) is 0 Å². The van der Waals surface area contributed by atoms with E-state index in [1.165, 1.54) is 6.42 Å². The molecule has 0 aromatic heterocycles. The molecule has 2 rings (SSSR count). The third-order valence-corrected chi connectivity index (χ3v) is 4.31. The van der Waals surface area contributed by atoms with Crippen LogP contribution in [0.5, 0.6) is 0 Å². The maximum absolute atomic E-state index is 12.2. The topological polar surface area (TPSA) is 84.2 Å². The van der Waals surface area contributed by atoms with Gasteiger partial charge in [-0.15, -0.1) is 0 Å². The van der Waals surface area contributed by atoms with Gasteiger partial charge in [-0.3, -0.25) is 9.59 Å². The number of amides is 2. The van der Waals surface area contributed by atoms with Gasteiger partial charge in [-0.05, 0) is 37.0 Å². The normalized spacial score (nSPS) is 16.8. The summed E-state index contributed by atoms with van der Waals surface area (Å²) in [6.07, 6.45) is 5.44. The number of rotatable bonds is 5. The zero-order chi connectivity index (χ0) is 16.0. The van der Waals surface area contributed by atoms with Gasteiger partial charge in [0.2, 0.25) is 5.91 Å². The van der Waals surface area contributed by atoms with Crippen molar-refractivity contribution >= 4 is 11.8 Å². The Hall–Kier alpha value is -1.88. The van der Waals surface area contributed by atoms with Crippen LogP contribution in [0.4, 0.5) is 0 Å². The maximum atomic E-state index is 12.2. The van der Waals surface area contributed by atoms with Gasteiger partial charge in [0.15, 0.2) is 0 Å². The Bertz CT molecular complexity index is 536. The molecule has 5 heteroatoms. The first-order chi connectivity index (χ1) is 10.5. The minimum Gasteiger partial charge on any atom is -0.355 e. The van der Waals surface area contributed by atoms with Gasteiger partial charge in [-0.25, -0.2) is 0 Å². The van der Waals surface area contributed by atoms with Crippen molar-refractivity contribution in [3.63, 3.8) is 0 Å². The first kappa shape index (κ1) is 16.5. The molecule has 4 N–H and O–H groups in total. The summed E-state index contributed by atoms with van der Waals surface area (Å²) in [5.74, 6) is -0.149. The first-order valence-corrected chi connectivity index (χ1v) is 7.93. The minimum absolute atomic E-state index is 0.0466. The van der Waals surface area contributed by atoms with Gasteiger partial charge in [0.1, 0.15) is 0 Å². The number of benzene rings is 1. The molecule has 0 saturated heterocycles. The van der Waals surface area contributed by atoms with Gasteiger partial charge in [-0.2, -0.15) is 0 Å². The summed E-state index contributed by atoms with van der Waals surface area (Å²) in [5.41, 5.74) is 7.16. The number of carbonyl (C=O) groups excluding carboxylic acids is 2. The van der Waals surface area contributed by atoms with E-state index in [0.717, 1.165) is 31.2 Å². The van der Waals surface area contributed by atoms with Crippen LogP contribution in [0.25, 0.3) is 0 Å². The summed E-state index contributed by atoms with van der Waals surface area (Å²) in [5, 5.41) is 5.55. The van der Waals surface area contributed by atoms with Crippen molar-refractivity contribution < 1.29 is 9.59 Å². The van der Waals surface area contributed by atoms with Crippen LogP contribution >= 0.6 is 0 Å². The second-order valence-corrected chi connectivity index (χ2v) is 6.00. The van der Waals surface area contributed by atoms with E-state index in [0.29, 0.717) is 18.5 Å². The molecule has 120 valence electrons. The molecule has 0 unspecified atom stereocenters. The molecule has 1 aliphatic carbocycles. The highest BCUT2D eigenvalue weighted by Gasteiger charge is 2.34. The van der Waals surface area contributed by atoms with E-state index < -0.39 is 5.54 Å². The Morgan fingerprint density at radius 3 is 2.64 bits per heavy atom. The van der Waals surface area contributed by atoms with E-state index in [1.54, 1.807) is 13.1 Å². The van der Waals surface area contributed by atoms with Crippen molar-refractivity contribution in [1.29, 1.82) is 0 Å². The zero-order valence-electron chi connectivity index (χ0n) is 13.2. The molecule has 1 aliphatic rings. The molecular weight excluding hydrogens is 278 g/mol. The first-order valence-electron chi connectivity index (χ1n) is 7.93. The van der Waals surface area contributed by atoms with Crippen LogP contribution < -0.4 is 16.4 Å². The van der Waals surface area contributed by atoms with Gasteiger partial charge in [0.05, 0.1) is 5.54 Å². The summed E-state index contributed by atoms with van der Waals surface area (Å²) in [6, 6.07) is 7.44. The van der Waals surface area contributed by atoms with Crippen LogP contribution in [0.15, 0.2) is 24.3 Å². The van der Waals surface area contributed by atoms with Gasteiger partial charge in [0, 0.05) is 19.2 Å². The molecule has 22 heavy (non-hydrogen) atoms. The predicted molar refractivity (Wildman–Crippen MR) is 86.5 cm³/mol. The molecule has 0 aliphatic heterocycles. The summed E-state index contributed by atoms with van der Waals surface area (Å²) in [6.45, 7) is 0.537. The quantitative estimate of drug-likeness (QED) is 0.768. The number of nitrogens with two attached hydrogens (primary N) is 1. The van der Waals surface area contributed by atoms with E-state index in [2.05, 4.69) is 10.6 Å². The summed E-state index contributed by atoms with van der Waals surface area (Å²) < 4.78 is 0. The second kappa shape index (κ2) is 7.40. The average Bonchev–Trinajstić information content (AvgIpc) is 2.55. The van der Waals surface area contributed by atoms with Gasteiger partial charge in [0.25, 0.3) is 5.91 Å². The Balaban J connectivity index is 1.85. The molecule has 0 heterocycles. The van der Waals surface area contributed by atoms with Crippen molar-refractivity contribution in [2.24, 2.45) is 5.73 Å².